The molecule has 0 bridgehead atoms. The van der Waals surface area contributed by atoms with Gasteiger partial charge in [-0.3, -0.25) is 14.7 Å². The fourth-order valence-corrected chi connectivity index (χ4v) is 4.21. The molecule has 0 radical (unpaired) electrons. The highest BCUT2D eigenvalue weighted by Crippen LogP contribution is 2.42. The van der Waals surface area contributed by atoms with Crippen LogP contribution in [0.25, 0.3) is 0 Å². The third kappa shape index (κ3) is 4.03. The van der Waals surface area contributed by atoms with Crippen LogP contribution in [0.4, 0.5) is 4.39 Å². The number of carbonyl (C=O) groups excluding carboxylic acids is 1. The third-order valence-corrected chi connectivity index (χ3v) is 5.83. The Labute approximate surface area is 169 Å². The highest BCUT2D eigenvalue weighted by atomic mass is 19.1. The van der Waals surface area contributed by atoms with Crippen LogP contribution in [0.3, 0.4) is 0 Å². The fourth-order valence-electron chi connectivity index (χ4n) is 4.21. The number of alkyl halides is 1. The number of halogens is 1. The van der Waals surface area contributed by atoms with Crippen LogP contribution in [0.2, 0.25) is 0 Å². The van der Waals surface area contributed by atoms with Gasteiger partial charge in [-0.15, -0.1) is 0 Å². The number of pyridine rings is 1. The second-order valence-corrected chi connectivity index (χ2v) is 7.58. The minimum absolute atomic E-state index is 0.0600. The van der Waals surface area contributed by atoms with E-state index in [-0.39, 0.29) is 30.1 Å². The van der Waals surface area contributed by atoms with Gasteiger partial charge in [0.05, 0.1) is 31.1 Å². The molecule has 0 saturated carbocycles. The molecule has 0 spiro atoms. The van der Waals surface area contributed by atoms with E-state index < -0.39 is 17.7 Å². The van der Waals surface area contributed by atoms with Crippen molar-refractivity contribution in [2.75, 3.05) is 32.8 Å². The number of aromatic nitrogens is 1. The van der Waals surface area contributed by atoms with E-state index >= 15 is 4.39 Å². The largest absolute Gasteiger partial charge is 0.387 e. The zero-order valence-corrected chi connectivity index (χ0v) is 16.3. The van der Waals surface area contributed by atoms with E-state index in [1.807, 2.05) is 30.3 Å². The van der Waals surface area contributed by atoms with E-state index in [4.69, 9.17) is 4.74 Å². The molecule has 1 aliphatic heterocycles. The Hall–Kier alpha value is -2.35. The molecule has 2 N–H and O–H groups in total. The lowest BCUT2D eigenvalue weighted by atomic mass is 9.81. The number of fused-ring (bicyclic) bond motifs is 1. The van der Waals surface area contributed by atoms with E-state index in [2.05, 4.69) is 15.2 Å². The zero-order chi connectivity index (χ0) is 20.3. The number of ether oxygens (including phenoxy) is 1. The second-order valence-electron chi connectivity index (χ2n) is 7.58. The summed E-state index contributed by atoms with van der Waals surface area (Å²) in [5, 5.41) is 13.0. The van der Waals surface area contributed by atoms with Gasteiger partial charge in [0, 0.05) is 31.4 Å². The number of aliphatic hydroxyl groups excluding tert-OH is 1. The number of nitrogens with zero attached hydrogens (tertiary/aromatic N) is 2. The van der Waals surface area contributed by atoms with Gasteiger partial charge in [0.2, 0.25) is 5.67 Å². The Kier molecular flexibility index (Phi) is 5.89. The predicted octanol–water partition coefficient (Wildman–Crippen LogP) is 2.26. The average molecular weight is 399 g/mol. The molecule has 7 heteroatoms. The van der Waals surface area contributed by atoms with E-state index in [1.54, 1.807) is 12.1 Å². The number of aliphatic hydroxyl groups is 1. The molecule has 1 unspecified atom stereocenters. The number of nitrogens with one attached hydrogen (secondary N) is 1. The summed E-state index contributed by atoms with van der Waals surface area (Å²) in [6, 6.07) is 13.0. The lowest BCUT2D eigenvalue weighted by molar-refractivity contribution is -0.135. The number of amides is 1. The number of benzene rings is 1. The maximum Gasteiger partial charge on any atom is 0.262 e. The number of rotatable bonds is 5. The van der Waals surface area contributed by atoms with Crippen molar-refractivity contribution in [3.63, 3.8) is 0 Å². The Bertz CT molecular complexity index is 844. The van der Waals surface area contributed by atoms with Gasteiger partial charge in [-0.05, 0) is 24.5 Å². The summed E-state index contributed by atoms with van der Waals surface area (Å²) in [6.07, 6.45) is 0.773. The Morgan fingerprint density at radius 1 is 1.28 bits per heavy atom. The molecule has 29 heavy (non-hydrogen) atoms. The standard InChI is InChI=1S/C22H26FN3O3/c23-22(9-8-19(27)20-17(22)7-4-10-24-20)21(28)25-15-18(16-5-2-1-3-6-16)26-11-13-29-14-12-26/h1-7,10,18-19,27H,8-9,11-15H2,(H,25,28)/t18?,19-,22-/m0/s1. The van der Waals surface area contributed by atoms with Crippen molar-refractivity contribution in [3.05, 3.63) is 65.5 Å². The normalized spacial score (nSPS) is 25.8. The number of hydrogen-bond acceptors (Lipinski definition) is 5. The molecule has 1 fully saturated rings. The SMILES string of the molecule is O=C(NCC(c1ccccc1)N1CCOCC1)[C@]1(F)CC[C@H](O)c2ncccc21. The molecular weight excluding hydrogens is 373 g/mol. The highest BCUT2D eigenvalue weighted by molar-refractivity contribution is 5.87. The van der Waals surface area contributed by atoms with Crippen molar-refractivity contribution in [1.29, 1.82) is 0 Å². The zero-order valence-electron chi connectivity index (χ0n) is 16.3. The third-order valence-electron chi connectivity index (χ3n) is 5.83. The average Bonchev–Trinajstić information content (AvgIpc) is 2.78. The molecule has 1 amide bonds. The molecule has 1 aromatic carbocycles. The second kappa shape index (κ2) is 8.57. The van der Waals surface area contributed by atoms with Crippen LogP contribution in [0.5, 0.6) is 0 Å². The summed E-state index contributed by atoms with van der Waals surface area (Å²) in [4.78, 5) is 19.3. The first-order chi connectivity index (χ1) is 14.1. The summed E-state index contributed by atoms with van der Waals surface area (Å²) >= 11 is 0. The summed E-state index contributed by atoms with van der Waals surface area (Å²) in [7, 11) is 0. The fraction of sp³-hybridized carbons (Fsp3) is 0.455. The van der Waals surface area contributed by atoms with Gasteiger partial charge < -0.3 is 15.2 Å². The highest BCUT2D eigenvalue weighted by Gasteiger charge is 2.46. The number of morpholine rings is 1. The minimum atomic E-state index is -2.19. The van der Waals surface area contributed by atoms with Crippen molar-refractivity contribution >= 4 is 5.91 Å². The summed E-state index contributed by atoms with van der Waals surface area (Å²) in [5.74, 6) is -0.673. The lowest BCUT2D eigenvalue weighted by Crippen LogP contribution is -2.48. The van der Waals surface area contributed by atoms with Crippen molar-refractivity contribution in [2.24, 2.45) is 0 Å². The Morgan fingerprint density at radius 3 is 2.79 bits per heavy atom. The van der Waals surface area contributed by atoms with Crippen molar-refractivity contribution in [3.8, 4) is 0 Å². The van der Waals surface area contributed by atoms with E-state index in [1.165, 1.54) is 6.20 Å². The van der Waals surface area contributed by atoms with Crippen LogP contribution in [-0.2, 0) is 15.2 Å². The van der Waals surface area contributed by atoms with Crippen molar-refractivity contribution in [2.45, 2.75) is 30.7 Å². The molecule has 2 heterocycles. The first kappa shape index (κ1) is 19.9. The minimum Gasteiger partial charge on any atom is -0.387 e. The Balaban J connectivity index is 1.53. The quantitative estimate of drug-likeness (QED) is 0.807. The topological polar surface area (TPSA) is 74.7 Å². The first-order valence-electron chi connectivity index (χ1n) is 10.1. The number of hydrogen-bond donors (Lipinski definition) is 2. The smallest absolute Gasteiger partial charge is 0.262 e. The van der Waals surface area contributed by atoms with Gasteiger partial charge in [0.25, 0.3) is 5.91 Å². The van der Waals surface area contributed by atoms with E-state index in [0.717, 1.165) is 18.7 Å². The molecule has 3 atom stereocenters. The predicted molar refractivity (Wildman–Crippen MR) is 106 cm³/mol. The molecule has 2 aliphatic rings. The van der Waals surface area contributed by atoms with Gasteiger partial charge >= 0.3 is 0 Å². The molecule has 4 rings (SSSR count). The van der Waals surface area contributed by atoms with Crippen LogP contribution in [0.15, 0.2) is 48.7 Å². The lowest BCUT2D eigenvalue weighted by Gasteiger charge is -2.36. The Morgan fingerprint density at radius 2 is 2.03 bits per heavy atom. The van der Waals surface area contributed by atoms with Gasteiger partial charge in [-0.25, -0.2) is 4.39 Å². The maximum absolute atomic E-state index is 15.8. The van der Waals surface area contributed by atoms with Gasteiger partial charge in [0.15, 0.2) is 0 Å². The monoisotopic (exact) mass is 399 g/mol. The van der Waals surface area contributed by atoms with Crippen LogP contribution in [0.1, 0.15) is 41.8 Å². The van der Waals surface area contributed by atoms with E-state index in [0.29, 0.717) is 19.8 Å². The van der Waals surface area contributed by atoms with Gasteiger partial charge in [-0.2, -0.15) is 0 Å². The van der Waals surface area contributed by atoms with Gasteiger partial charge in [0.1, 0.15) is 0 Å². The first-order valence-corrected chi connectivity index (χ1v) is 10.1. The van der Waals surface area contributed by atoms with E-state index in [9.17, 15) is 9.90 Å². The summed E-state index contributed by atoms with van der Waals surface area (Å²) < 4.78 is 21.3. The molecule has 6 nitrogen and oxygen atoms in total. The van der Waals surface area contributed by atoms with Crippen LogP contribution in [0, 0.1) is 0 Å². The summed E-state index contributed by atoms with van der Waals surface area (Å²) in [5.41, 5.74) is -0.693. The van der Waals surface area contributed by atoms with Crippen LogP contribution < -0.4 is 5.32 Å². The van der Waals surface area contributed by atoms with Crippen LogP contribution >= 0.6 is 0 Å². The molecule has 1 aromatic heterocycles. The molecule has 2 aromatic rings. The molecule has 1 saturated heterocycles. The molecule has 154 valence electrons. The van der Waals surface area contributed by atoms with Crippen molar-refractivity contribution < 1.29 is 19.0 Å². The molecule has 1 aliphatic carbocycles. The van der Waals surface area contributed by atoms with Crippen molar-refractivity contribution in [1.82, 2.24) is 15.2 Å². The van der Waals surface area contributed by atoms with Gasteiger partial charge in [-0.1, -0.05) is 36.4 Å². The maximum atomic E-state index is 15.8. The van der Waals surface area contributed by atoms with Crippen LogP contribution in [-0.4, -0.2) is 53.7 Å². The molecular formula is C22H26FN3O3. The number of carbonyl (C=O) groups is 1. The summed E-state index contributed by atoms with van der Waals surface area (Å²) in [6.45, 7) is 3.10.